The van der Waals surface area contributed by atoms with Crippen LogP contribution in [0.2, 0.25) is 0 Å². The highest BCUT2D eigenvalue weighted by Crippen LogP contribution is 2.29. The number of ketones is 1. The third kappa shape index (κ3) is 10.1. The molecule has 0 aromatic carbocycles. The van der Waals surface area contributed by atoms with Gasteiger partial charge in [-0.3, -0.25) is 9.35 Å². The van der Waals surface area contributed by atoms with Crippen molar-refractivity contribution >= 4 is 28.5 Å². The molecule has 0 aromatic heterocycles. The van der Waals surface area contributed by atoms with Crippen LogP contribution in [-0.4, -0.2) is 29.0 Å². The number of rotatable bonds is 7. The summed E-state index contributed by atoms with van der Waals surface area (Å²) in [4.78, 5) is 11.4. The minimum absolute atomic E-state index is 0.234. The lowest BCUT2D eigenvalue weighted by molar-refractivity contribution is -0.119. The standard InChI is InChI=1S/C11H22OS.CHF3O3S/c1-4-6-8-11(13,10(3)12)9-7-5-2;2-1(3,4)8(5,6)7/h13H,4-9H2,1-3H3;(H,5,6,7). The van der Waals surface area contributed by atoms with Crippen LogP contribution in [0.4, 0.5) is 13.2 Å². The van der Waals surface area contributed by atoms with Crippen molar-refractivity contribution in [1.29, 1.82) is 0 Å². The van der Waals surface area contributed by atoms with E-state index < -0.39 is 15.6 Å². The molecular weight excluding hydrogens is 329 g/mol. The fraction of sp³-hybridized carbons (Fsp3) is 0.917. The van der Waals surface area contributed by atoms with Gasteiger partial charge in [0.2, 0.25) is 0 Å². The molecule has 0 atom stereocenters. The number of halogens is 3. The third-order valence-corrected chi connectivity index (χ3v) is 4.18. The van der Waals surface area contributed by atoms with Crippen molar-refractivity contribution in [2.24, 2.45) is 0 Å². The number of carbonyl (C=O) groups excluding carboxylic acids is 1. The number of alkyl halides is 3. The quantitative estimate of drug-likeness (QED) is 0.412. The zero-order valence-electron chi connectivity index (χ0n) is 12.4. The lowest BCUT2D eigenvalue weighted by atomic mass is 9.91. The van der Waals surface area contributed by atoms with Crippen molar-refractivity contribution in [3.05, 3.63) is 0 Å². The second kappa shape index (κ2) is 9.68. The molecule has 128 valence electrons. The highest BCUT2D eigenvalue weighted by atomic mass is 32.2. The summed E-state index contributed by atoms with van der Waals surface area (Å²) in [6.07, 6.45) is 6.35. The molecular formula is C12H23F3O4S2. The van der Waals surface area contributed by atoms with Gasteiger partial charge in [-0.15, -0.1) is 0 Å². The van der Waals surface area contributed by atoms with Gasteiger partial charge in [0.1, 0.15) is 5.78 Å². The molecule has 21 heavy (non-hydrogen) atoms. The summed E-state index contributed by atoms with van der Waals surface area (Å²) in [5.41, 5.74) is -5.53. The fourth-order valence-electron chi connectivity index (χ4n) is 1.42. The summed E-state index contributed by atoms with van der Waals surface area (Å²) >= 11 is 4.53. The second-order valence-corrected chi connectivity index (χ2v) is 6.98. The van der Waals surface area contributed by atoms with Gasteiger partial charge in [0.15, 0.2) is 0 Å². The number of Topliss-reactive ketones (excluding diaryl/α,β-unsaturated/α-hetero) is 1. The Hall–Kier alpha value is -0.280. The summed E-state index contributed by atoms with van der Waals surface area (Å²) in [5.74, 6) is 0.234. The lowest BCUT2D eigenvalue weighted by Crippen LogP contribution is -2.30. The first-order chi connectivity index (χ1) is 9.31. The van der Waals surface area contributed by atoms with Crippen LogP contribution >= 0.6 is 12.6 Å². The first-order valence-corrected chi connectivity index (χ1v) is 8.47. The Balaban J connectivity index is 0. The second-order valence-electron chi connectivity index (χ2n) is 4.72. The number of unbranched alkanes of at least 4 members (excludes halogenated alkanes) is 2. The molecule has 0 bridgehead atoms. The molecule has 0 fully saturated rings. The van der Waals surface area contributed by atoms with E-state index in [1.807, 2.05) is 0 Å². The van der Waals surface area contributed by atoms with Crippen LogP contribution in [0.3, 0.4) is 0 Å². The molecule has 0 saturated heterocycles. The van der Waals surface area contributed by atoms with Gasteiger partial charge in [-0.1, -0.05) is 39.5 Å². The van der Waals surface area contributed by atoms with Gasteiger partial charge in [0, 0.05) is 0 Å². The Kier molecular flexibility index (Phi) is 10.6. The average Bonchev–Trinajstić information content (AvgIpc) is 2.32. The van der Waals surface area contributed by atoms with E-state index in [1.165, 1.54) is 0 Å². The lowest BCUT2D eigenvalue weighted by Gasteiger charge is -2.25. The van der Waals surface area contributed by atoms with E-state index in [4.69, 9.17) is 13.0 Å². The van der Waals surface area contributed by atoms with Crippen LogP contribution in [0.25, 0.3) is 0 Å². The fourth-order valence-corrected chi connectivity index (χ4v) is 1.73. The molecule has 9 heteroatoms. The molecule has 0 aliphatic carbocycles. The highest BCUT2D eigenvalue weighted by molar-refractivity contribution is 7.86. The number of thiol groups is 1. The van der Waals surface area contributed by atoms with Gasteiger partial charge in [0.05, 0.1) is 4.75 Å². The predicted octanol–water partition coefficient (Wildman–Crippen LogP) is 4.02. The Morgan fingerprint density at radius 2 is 1.38 bits per heavy atom. The van der Waals surface area contributed by atoms with Gasteiger partial charge >= 0.3 is 15.6 Å². The van der Waals surface area contributed by atoms with Crippen molar-refractivity contribution in [1.82, 2.24) is 0 Å². The van der Waals surface area contributed by atoms with E-state index in [0.717, 1.165) is 38.5 Å². The summed E-state index contributed by atoms with van der Waals surface area (Å²) in [5, 5.41) is 0. The van der Waals surface area contributed by atoms with Crippen molar-refractivity contribution in [3.8, 4) is 0 Å². The van der Waals surface area contributed by atoms with Crippen LogP contribution in [0.5, 0.6) is 0 Å². The minimum Gasteiger partial charge on any atom is -0.298 e. The maximum atomic E-state index is 11.4. The molecule has 0 rings (SSSR count). The molecule has 0 amide bonds. The van der Waals surface area contributed by atoms with Gasteiger partial charge in [-0.05, 0) is 19.8 Å². The Labute approximate surface area is 129 Å². The number of hydrogen-bond donors (Lipinski definition) is 2. The Bertz CT molecular complexity index is 397. The largest absolute Gasteiger partial charge is 0.522 e. The van der Waals surface area contributed by atoms with E-state index in [0.29, 0.717) is 0 Å². The topological polar surface area (TPSA) is 71.4 Å². The summed E-state index contributed by atoms with van der Waals surface area (Å²) in [6.45, 7) is 5.96. The Morgan fingerprint density at radius 1 is 1.10 bits per heavy atom. The van der Waals surface area contributed by atoms with Gasteiger partial charge in [-0.25, -0.2) is 0 Å². The number of hydrogen-bond acceptors (Lipinski definition) is 4. The normalized spacial score (nSPS) is 12.6. The molecule has 0 radical (unpaired) electrons. The van der Waals surface area contributed by atoms with Crippen LogP contribution in [-0.2, 0) is 14.9 Å². The van der Waals surface area contributed by atoms with E-state index >= 15 is 0 Å². The van der Waals surface area contributed by atoms with E-state index in [2.05, 4.69) is 26.5 Å². The molecule has 0 spiro atoms. The molecule has 4 nitrogen and oxygen atoms in total. The molecule has 0 unspecified atom stereocenters. The predicted molar refractivity (Wildman–Crippen MR) is 79.1 cm³/mol. The average molecular weight is 352 g/mol. The zero-order valence-corrected chi connectivity index (χ0v) is 14.1. The first-order valence-electron chi connectivity index (χ1n) is 6.59. The molecule has 0 saturated carbocycles. The van der Waals surface area contributed by atoms with Crippen LogP contribution in [0.1, 0.15) is 59.3 Å². The molecule has 1 N–H and O–H groups in total. The summed E-state index contributed by atoms with van der Waals surface area (Å²) in [6, 6.07) is 0. The van der Waals surface area contributed by atoms with E-state index in [9.17, 15) is 18.0 Å². The molecule has 0 aliphatic rings. The highest BCUT2D eigenvalue weighted by Gasteiger charge is 2.44. The van der Waals surface area contributed by atoms with Crippen molar-refractivity contribution < 1.29 is 30.9 Å². The van der Waals surface area contributed by atoms with Gasteiger partial charge in [-0.2, -0.15) is 34.2 Å². The smallest absolute Gasteiger partial charge is 0.298 e. The van der Waals surface area contributed by atoms with Crippen molar-refractivity contribution in [2.45, 2.75) is 69.6 Å². The van der Waals surface area contributed by atoms with Crippen LogP contribution in [0, 0.1) is 0 Å². The van der Waals surface area contributed by atoms with E-state index in [-0.39, 0.29) is 10.5 Å². The van der Waals surface area contributed by atoms with Gasteiger partial charge < -0.3 is 0 Å². The maximum absolute atomic E-state index is 11.4. The van der Waals surface area contributed by atoms with Crippen molar-refractivity contribution in [2.75, 3.05) is 0 Å². The summed E-state index contributed by atoms with van der Waals surface area (Å²) in [7, 11) is -5.84. The van der Waals surface area contributed by atoms with Crippen molar-refractivity contribution in [3.63, 3.8) is 0 Å². The number of carbonyl (C=O) groups is 1. The monoisotopic (exact) mass is 352 g/mol. The summed E-state index contributed by atoms with van der Waals surface area (Å²) < 4.78 is 57.2. The van der Waals surface area contributed by atoms with Crippen LogP contribution in [0.15, 0.2) is 0 Å². The third-order valence-electron chi connectivity index (χ3n) is 2.84. The van der Waals surface area contributed by atoms with Crippen LogP contribution < -0.4 is 0 Å². The Morgan fingerprint density at radius 3 is 1.52 bits per heavy atom. The first kappa shape index (κ1) is 23.0. The molecule has 0 heterocycles. The van der Waals surface area contributed by atoms with Gasteiger partial charge in [0.25, 0.3) is 0 Å². The maximum Gasteiger partial charge on any atom is 0.522 e. The SMILES string of the molecule is CCCCC(S)(CCCC)C(C)=O.O=S(=O)(O)C(F)(F)F. The van der Waals surface area contributed by atoms with E-state index in [1.54, 1.807) is 6.92 Å². The molecule has 0 aliphatic heterocycles. The minimum atomic E-state index is -5.84. The zero-order chi connectivity index (χ0) is 17.3. The molecule has 0 aromatic rings.